The highest BCUT2D eigenvalue weighted by Gasteiger charge is 2.36. The van der Waals surface area contributed by atoms with Crippen LogP contribution in [0.3, 0.4) is 0 Å². The van der Waals surface area contributed by atoms with E-state index < -0.39 is 5.54 Å². The first kappa shape index (κ1) is 22.0. The smallest absolute Gasteiger partial charge is 0.251 e. The molecular weight excluding hydrogens is 453 g/mol. The van der Waals surface area contributed by atoms with Crippen molar-refractivity contribution < 1.29 is 4.39 Å². The van der Waals surface area contributed by atoms with Crippen molar-refractivity contribution in [2.45, 2.75) is 5.54 Å². The van der Waals surface area contributed by atoms with Crippen molar-refractivity contribution in [3.8, 4) is 11.1 Å². The van der Waals surface area contributed by atoms with Gasteiger partial charge in [-0.25, -0.2) is 9.37 Å². The fourth-order valence-electron chi connectivity index (χ4n) is 4.34. The lowest BCUT2D eigenvalue weighted by Gasteiger charge is -2.30. The van der Waals surface area contributed by atoms with E-state index in [9.17, 15) is 9.18 Å². The fraction of sp³-hybridized carbons (Fsp3) is 0.115. The van der Waals surface area contributed by atoms with E-state index in [4.69, 9.17) is 22.3 Å². The summed E-state index contributed by atoms with van der Waals surface area (Å²) in [5.41, 5.74) is 9.58. The quantitative estimate of drug-likeness (QED) is 0.420. The molecule has 3 heterocycles. The summed E-state index contributed by atoms with van der Waals surface area (Å²) in [6.45, 7) is 0. The van der Waals surface area contributed by atoms with E-state index in [0.29, 0.717) is 27.4 Å². The molecule has 0 aliphatic heterocycles. The molecule has 5 aromatic rings. The number of hydrogen-bond acceptors (Lipinski definition) is 4. The van der Waals surface area contributed by atoms with E-state index in [2.05, 4.69) is 4.98 Å². The van der Waals surface area contributed by atoms with Gasteiger partial charge in [0.25, 0.3) is 5.56 Å². The standard InChI is InChI=1S/C26H21ClFN5O/c1-32-15-30-14-24(32)26(29,17-6-8-18(27)9-7-17)23-11-21-20(16-4-3-5-19(28)10-16)12-25(34)33(2)22(21)13-31-23/h3-15H,29H2,1-2H3/t26-/m1/s1. The van der Waals surface area contributed by atoms with Crippen LogP contribution in [0.15, 0.2) is 84.2 Å². The number of fused-ring (bicyclic) bond motifs is 1. The van der Waals surface area contributed by atoms with Crippen molar-refractivity contribution in [1.82, 2.24) is 19.1 Å². The SMILES string of the molecule is Cn1cncc1[C@@](N)(c1ccc(Cl)cc1)c1cc2c(-c3cccc(F)c3)cc(=O)n(C)c2cn1. The number of pyridine rings is 2. The molecule has 0 fully saturated rings. The molecule has 2 N–H and O–H groups in total. The molecule has 5 rings (SSSR count). The lowest BCUT2D eigenvalue weighted by molar-refractivity contribution is 0.579. The molecule has 0 saturated carbocycles. The van der Waals surface area contributed by atoms with Crippen molar-refractivity contribution in [3.63, 3.8) is 0 Å². The third-order valence-corrected chi connectivity index (χ3v) is 6.44. The fourth-order valence-corrected chi connectivity index (χ4v) is 4.46. The Kier molecular flexibility index (Phi) is 5.31. The summed E-state index contributed by atoms with van der Waals surface area (Å²) >= 11 is 6.14. The lowest BCUT2D eigenvalue weighted by Crippen LogP contribution is -2.41. The van der Waals surface area contributed by atoms with Gasteiger partial charge in [0.05, 0.1) is 35.6 Å². The number of nitrogens with zero attached hydrogens (tertiary/aromatic N) is 4. The van der Waals surface area contributed by atoms with Crippen LogP contribution in [0, 0.1) is 5.82 Å². The van der Waals surface area contributed by atoms with Crippen LogP contribution >= 0.6 is 11.6 Å². The third kappa shape index (κ3) is 3.50. The Hall–Kier alpha value is -3.81. The zero-order valence-electron chi connectivity index (χ0n) is 18.5. The van der Waals surface area contributed by atoms with Crippen LogP contribution in [0.5, 0.6) is 0 Å². The molecule has 0 radical (unpaired) electrons. The highest BCUT2D eigenvalue weighted by molar-refractivity contribution is 6.30. The van der Waals surface area contributed by atoms with Gasteiger partial charge in [0, 0.05) is 30.6 Å². The molecule has 2 aromatic carbocycles. The second kappa shape index (κ2) is 8.20. The van der Waals surface area contributed by atoms with Crippen LogP contribution < -0.4 is 11.3 Å². The molecule has 1 atom stereocenters. The molecule has 0 unspecified atom stereocenters. The van der Waals surface area contributed by atoms with E-state index in [1.165, 1.54) is 22.8 Å². The van der Waals surface area contributed by atoms with Crippen molar-refractivity contribution in [2.75, 3.05) is 0 Å². The van der Waals surface area contributed by atoms with Gasteiger partial charge >= 0.3 is 0 Å². The molecule has 0 spiro atoms. The van der Waals surface area contributed by atoms with Gasteiger partial charge in [-0.3, -0.25) is 9.78 Å². The van der Waals surface area contributed by atoms with E-state index in [1.807, 2.05) is 29.8 Å². The monoisotopic (exact) mass is 473 g/mol. The Bertz CT molecular complexity index is 1590. The van der Waals surface area contributed by atoms with E-state index in [-0.39, 0.29) is 11.4 Å². The molecule has 170 valence electrons. The molecule has 0 aliphatic carbocycles. The van der Waals surface area contributed by atoms with Crippen LogP contribution in [-0.2, 0) is 19.6 Å². The summed E-state index contributed by atoms with van der Waals surface area (Å²) in [6, 6.07) is 16.8. The van der Waals surface area contributed by atoms with Gasteiger partial charge in [-0.15, -0.1) is 0 Å². The van der Waals surface area contributed by atoms with Gasteiger partial charge in [0.1, 0.15) is 11.4 Å². The summed E-state index contributed by atoms with van der Waals surface area (Å²) in [6.07, 6.45) is 5.01. The number of imidazole rings is 1. The van der Waals surface area contributed by atoms with Gasteiger partial charge < -0.3 is 14.9 Å². The van der Waals surface area contributed by atoms with Gasteiger partial charge in [-0.2, -0.15) is 0 Å². The summed E-state index contributed by atoms with van der Waals surface area (Å²) in [5.74, 6) is -0.384. The number of halogens is 2. The van der Waals surface area contributed by atoms with Crippen molar-refractivity contribution in [3.05, 3.63) is 118 Å². The van der Waals surface area contributed by atoms with E-state index in [0.717, 1.165) is 16.6 Å². The van der Waals surface area contributed by atoms with Crippen LogP contribution in [0.4, 0.5) is 4.39 Å². The molecule has 0 amide bonds. The minimum absolute atomic E-state index is 0.218. The Labute approximate surface area is 200 Å². The van der Waals surface area contributed by atoms with Crippen LogP contribution in [0.25, 0.3) is 22.0 Å². The number of nitrogens with two attached hydrogens (primary N) is 1. The second-order valence-corrected chi connectivity index (χ2v) is 8.69. The Morgan fingerprint density at radius 2 is 1.79 bits per heavy atom. The van der Waals surface area contributed by atoms with Crippen molar-refractivity contribution >= 4 is 22.5 Å². The van der Waals surface area contributed by atoms with Crippen molar-refractivity contribution in [1.29, 1.82) is 0 Å². The summed E-state index contributed by atoms with van der Waals surface area (Å²) in [5, 5.41) is 1.31. The molecule has 34 heavy (non-hydrogen) atoms. The minimum Gasteiger partial charge on any atom is -0.335 e. The zero-order valence-corrected chi connectivity index (χ0v) is 19.3. The topological polar surface area (TPSA) is 78.7 Å². The highest BCUT2D eigenvalue weighted by atomic mass is 35.5. The number of aryl methyl sites for hydroxylation is 2. The maximum Gasteiger partial charge on any atom is 0.251 e. The summed E-state index contributed by atoms with van der Waals surface area (Å²) < 4.78 is 17.4. The molecule has 0 aliphatic rings. The molecule has 6 nitrogen and oxygen atoms in total. The lowest BCUT2D eigenvalue weighted by atomic mass is 9.83. The van der Waals surface area contributed by atoms with Crippen LogP contribution in [0.1, 0.15) is 17.0 Å². The number of aromatic nitrogens is 4. The molecule has 3 aromatic heterocycles. The van der Waals surface area contributed by atoms with E-state index >= 15 is 0 Å². The van der Waals surface area contributed by atoms with Gasteiger partial charge in [-0.1, -0.05) is 35.9 Å². The average Bonchev–Trinajstić information content (AvgIpc) is 3.27. The molecule has 0 saturated heterocycles. The number of hydrogen-bond donors (Lipinski definition) is 1. The molecule has 0 bridgehead atoms. The third-order valence-electron chi connectivity index (χ3n) is 6.19. The first-order valence-corrected chi connectivity index (χ1v) is 10.9. The predicted octanol–water partition coefficient (Wildman–Crippen LogP) is 4.38. The second-order valence-electron chi connectivity index (χ2n) is 8.26. The number of benzene rings is 2. The van der Waals surface area contributed by atoms with Crippen LogP contribution in [-0.4, -0.2) is 19.1 Å². The van der Waals surface area contributed by atoms with Crippen LogP contribution in [0.2, 0.25) is 5.02 Å². The minimum atomic E-state index is -1.17. The Morgan fingerprint density at radius 1 is 1.03 bits per heavy atom. The molecule has 8 heteroatoms. The normalized spacial score (nSPS) is 13.2. The van der Waals surface area contributed by atoms with E-state index in [1.54, 1.807) is 50.0 Å². The predicted molar refractivity (Wildman–Crippen MR) is 131 cm³/mol. The first-order chi connectivity index (χ1) is 16.3. The van der Waals surface area contributed by atoms with Crippen molar-refractivity contribution in [2.24, 2.45) is 19.8 Å². The Morgan fingerprint density at radius 3 is 2.47 bits per heavy atom. The maximum atomic E-state index is 14.0. The van der Waals surface area contributed by atoms with Gasteiger partial charge in [0.2, 0.25) is 0 Å². The van der Waals surface area contributed by atoms with Gasteiger partial charge in [-0.05, 0) is 47.0 Å². The van der Waals surface area contributed by atoms with Gasteiger partial charge in [0.15, 0.2) is 0 Å². The maximum absolute atomic E-state index is 14.0. The first-order valence-electron chi connectivity index (χ1n) is 10.6. The highest BCUT2D eigenvalue weighted by Crippen LogP contribution is 2.36. The molecular formula is C26H21ClFN5O. The Balaban J connectivity index is 1.84. The zero-order chi connectivity index (χ0) is 24.0. The average molecular weight is 474 g/mol. The number of rotatable bonds is 4. The largest absolute Gasteiger partial charge is 0.335 e. The summed E-state index contributed by atoms with van der Waals surface area (Å²) in [7, 11) is 3.54. The summed E-state index contributed by atoms with van der Waals surface area (Å²) in [4.78, 5) is 21.6.